The molecule has 0 saturated heterocycles. The van der Waals surface area contributed by atoms with E-state index in [-0.39, 0.29) is 23.3 Å². The van der Waals surface area contributed by atoms with Crippen molar-refractivity contribution in [1.82, 2.24) is 0 Å². The van der Waals surface area contributed by atoms with Crippen molar-refractivity contribution in [2.24, 2.45) is 5.92 Å². The van der Waals surface area contributed by atoms with Gasteiger partial charge in [0.05, 0.1) is 8.95 Å². The number of phenolic OH excluding ortho intramolecular Hbond substituents is 2. The zero-order valence-corrected chi connectivity index (χ0v) is 17.8. The summed E-state index contributed by atoms with van der Waals surface area (Å²) in [6.07, 6.45) is 7.18. The maximum Gasteiger partial charge on any atom is 0.137 e. The van der Waals surface area contributed by atoms with Gasteiger partial charge < -0.3 is 10.2 Å². The average molecular weight is 458 g/mol. The van der Waals surface area contributed by atoms with Gasteiger partial charge in [-0.2, -0.15) is 0 Å². The Labute approximate surface area is 161 Å². The third kappa shape index (κ3) is 3.75. The first-order valence-corrected chi connectivity index (χ1v) is 10.1. The van der Waals surface area contributed by atoms with Crippen molar-refractivity contribution in [2.75, 3.05) is 0 Å². The molecule has 0 radical (unpaired) electrons. The van der Waals surface area contributed by atoms with Crippen molar-refractivity contribution in [2.45, 2.75) is 58.8 Å². The van der Waals surface area contributed by atoms with Crippen molar-refractivity contribution in [3.8, 4) is 11.5 Å². The molecule has 4 heteroatoms. The van der Waals surface area contributed by atoms with E-state index in [1.54, 1.807) is 0 Å². The zero-order valence-electron chi connectivity index (χ0n) is 14.6. The molecule has 0 heterocycles. The molecular formula is C20H26Br2O2. The predicted octanol–water partition coefficient (Wildman–Crippen LogP) is 6.98. The molecule has 0 aliphatic heterocycles. The number of allylic oxidation sites excluding steroid dienone is 3. The monoisotopic (exact) mass is 456 g/mol. The number of rotatable bonds is 6. The highest BCUT2D eigenvalue weighted by Crippen LogP contribution is 2.53. The Kier molecular flexibility index (Phi) is 6.60. The van der Waals surface area contributed by atoms with E-state index in [2.05, 4.69) is 58.4 Å². The molecule has 2 atom stereocenters. The summed E-state index contributed by atoms with van der Waals surface area (Å²) in [4.78, 5) is 0. The second-order valence-corrected chi connectivity index (χ2v) is 8.46. The van der Waals surface area contributed by atoms with Crippen LogP contribution in [0.3, 0.4) is 0 Å². The van der Waals surface area contributed by atoms with Crippen molar-refractivity contribution in [1.29, 1.82) is 0 Å². The van der Waals surface area contributed by atoms with E-state index in [0.29, 0.717) is 14.5 Å². The van der Waals surface area contributed by atoms with Crippen LogP contribution in [0.25, 0.3) is 0 Å². The molecule has 0 fully saturated rings. The van der Waals surface area contributed by atoms with Crippen LogP contribution in [0, 0.1) is 5.92 Å². The van der Waals surface area contributed by atoms with Gasteiger partial charge >= 0.3 is 0 Å². The molecule has 1 aromatic carbocycles. The predicted molar refractivity (Wildman–Crippen MR) is 108 cm³/mol. The Bertz CT molecular complexity index is 648. The molecule has 0 spiro atoms. The molecular weight excluding hydrogens is 432 g/mol. The quantitative estimate of drug-likeness (QED) is 0.357. The van der Waals surface area contributed by atoms with E-state index in [4.69, 9.17) is 0 Å². The number of aromatic hydroxyl groups is 2. The first-order valence-electron chi connectivity index (χ1n) is 8.53. The van der Waals surface area contributed by atoms with E-state index in [1.165, 1.54) is 5.57 Å². The summed E-state index contributed by atoms with van der Waals surface area (Å²) in [5, 5.41) is 21.6. The second-order valence-electron chi connectivity index (χ2n) is 6.87. The Balaban J connectivity index is 2.50. The molecule has 0 unspecified atom stereocenters. The first kappa shape index (κ1) is 19.6. The Morgan fingerprint density at radius 1 is 1.21 bits per heavy atom. The summed E-state index contributed by atoms with van der Waals surface area (Å²) in [5.74, 6) is 0.486. The molecule has 0 bridgehead atoms. The van der Waals surface area contributed by atoms with Gasteiger partial charge in [0.25, 0.3) is 0 Å². The van der Waals surface area contributed by atoms with Gasteiger partial charge in [0.1, 0.15) is 11.5 Å². The van der Waals surface area contributed by atoms with Gasteiger partial charge in [-0.1, -0.05) is 43.6 Å². The van der Waals surface area contributed by atoms with Crippen molar-refractivity contribution >= 4 is 31.9 Å². The Morgan fingerprint density at radius 2 is 1.79 bits per heavy atom. The van der Waals surface area contributed by atoms with Gasteiger partial charge in [-0.3, -0.25) is 0 Å². The lowest BCUT2D eigenvalue weighted by Gasteiger charge is -2.24. The lowest BCUT2D eigenvalue weighted by atomic mass is 9.83. The molecule has 2 rings (SSSR count). The fourth-order valence-corrected chi connectivity index (χ4v) is 5.03. The van der Waals surface area contributed by atoms with Crippen LogP contribution in [-0.2, 0) is 6.42 Å². The van der Waals surface area contributed by atoms with Crippen LogP contribution in [-0.4, -0.2) is 10.2 Å². The summed E-state index contributed by atoms with van der Waals surface area (Å²) < 4.78 is 1.38. The minimum Gasteiger partial charge on any atom is -0.506 e. The van der Waals surface area contributed by atoms with E-state index in [1.807, 2.05) is 6.92 Å². The lowest BCUT2D eigenvalue weighted by Crippen LogP contribution is -2.09. The average Bonchev–Trinajstić information content (AvgIpc) is 2.91. The van der Waals surface area contributed by atoms with Gasteiger partial charge in [-0.15, -0.1) is 0 Å². The molecule has 1 aliphatic rings. The van der Waals surface area contributed by atoms with Crippen LogP contribution in [0.1, 0.15) is 63.5 Å². The Morgan fingerprint density at radius 3 is 2.29 bits per heavy atom. The summed E-state index contributed by atoms with van der Waals surface area (Å²) in [6.45, 7) is 10.4. The second kappa shape index (κ2) is 8.09. The number of hydrogen-bond acceptors (Lipinski definition) is 2. The fourth-order valence-electron chi connectivity index (χ4n) is 3.55. The van der Waals surface area contributed by atoms with Crippen LogP contribution in [0.2, 0.25) is 0 Å². The van der Waals surface area contributed by atoms with Gasteiger partial charge in [0.15, 0.2) is 0 Å². The highest BCUT2D eigenvalue weighted by atomic mass is 79.9. The number of halogens is 2. The highest BCUT2D eigenvalue weighted by molar-refractivity contribution is 9.11. The molecule has 0 saturated carbocycles. The molecule has 24 heavy (non-hydrogen) atoms. The summed E-state index contributed by atoms with van der Waals surface area (Å²) >= 11 is 7.11. The molecule has 0 aromatic heterocycles. The molecule has 132 valence electrons. The number of unbranched alkanes of at least 4 members (excludes halogenated alkanes) is 2. The van der Waals surface area contributed by atoms with Gasteiger partial charge in [0.2, 0.25) is 0 Å². The lowest BCUT2D eigenvalue weighted by molar-refractivity contribution is 0.418. The Hall–Kier alpha value is -0.740. The topological polar surface area (TPSA) is 40.5 Å². The summed E-state index contributed by atoms with van der Waals surface area (Å²) in [6, 6.07) is 0. The standard InChI is InChI=1S/C20H26Br2O2/c1-5-6-7-8-13-17(21)19(23)16(20(24)18(13)22)15-10-12(4)9-14(15)11(2)3/h10,14-15,23-24H,2,5-9H2,1,3-4H3/t14-,15+/m0/s1. The maximum absolute atomic E-state index is 10.8. The van der Waals surface area contributed by atoms with Crippen molar-refractivity contribution in [3.05, 3.63) is 43.9 Å². The summed E-state index contributed by atoms with van der Waals surface area (Å²) in [7, 11) is 0. The van der Waals surface area contributed by atoms with Crippen LogP contribution >= 0.6 is 31.9 Å². The van der Waals surface area contributed by atoms with Crippen molar-refractivity contribution in [3.63, 3.8) is 0 Å². The van der Waals surface area contributed by atoms with E-state index in [9.17, 15) is 10.2 Å². The molecule has 2 nitrogen and oxygen atoms in total. The SMILES string of the molecule is C=C(C)[C@@H]1CC(C)=C[C@H]1c1c(O)c(Br)c(CCCCC)c(Br)c1O. The van der Waals surface area contributed by atoms with Crippen molar-refractivity contribution < 1.29 is 10.2 Å². The molecule has 1 aromatic rings. The van der Waals surface area contributed by atoms with E-state index in [0.717, 1.165) is 43.2 Å². The minimum absolute atomic E-state index is 0.0419. The summed E-state index contributed by atoms with van der Waals surface area (Å²) in [5.41, 5.74) is 3.88. The number of phenols is 2. The van der Waals surface area contributed by atoms with E-state index < -0.39 is 0 Å². The number of hydrogen-bond donors (Lipinski definition) is 2. The van der Waals surface area contributed by atoms with Crippen LogP contribution in [0.15, 0.2) is 32.7 Å². The highest BCUT2D eigenvalue weighted by Gasteiger charge is 2.34. The van der Waals surface area contributed by atoms with Crippen LogP contribution in [0.4, 0.5) is 0 Å². The van der Waals surface area contributed by atoms with Crippen LogP contribution < -0.4 is 0 Å². The first-order chi connectivity index (χ1) is 11.3. The normalized spacial score (nSPS) is 20.3. The zero-order chi connectivity index (χ0) is 18.0. The fraction of sp³-hybridized carbons (Fsp3) is 0.500. The van der Waals surface area contributed by atoms with Crippen LogP contribution in [0.5, 0.6) is 11.5 Å². The smallest absolute Gasteiger partial charge is 0.137 e. The maximum atomic E-state index is 10.8. The largest absolute Gasteiger partial charge is 0.506 e. The molecule has 1 aliphatic carbocycles. The van der Waals surface area contributed by atoms with Gasteiger partial charge in [-0.05, 0) is 76.5 Å². The van der Waals surface area contributed by atoms with Gasteiger partial charge in [-0.25, -0.2) is 0 Å². The van der Waals surface area contributed by atoms with Gasteiger partial charge in [0, 0.05) is 11.5 Å². The number of benzene rings is 1. The molecule has 2 N–H and O–H groups in total. The molecule has 0 amide bonds. The van der Waals surface area contributed by atoms with E-state index >= 15 is 0 Å². The minimum atomic E-state index is -0.0419. The third-order valence-electron chi connectivity index (χ3n) is 4.89. The third-order valence-corrected chi connectivity index (χ3v) is 6.60.